The molecule has 8 aromatic carbocycles. The summed E-state index contributed by atoms with van der Waals surface area (Å²) < 4.78 is 0. The molecule has 52 heavy (non-hydrogen) atoms. The Morgan fingerprint density at radius 1 is 0.365 bits per heavy atom. The van der Waals surface area contributed by atoms with Gasteiger partial charge in [-0.2, -0.15) is 0 Å². The third kappa shape index (κ3) is 3.36. The Morgan fingerprint density at radius 3 is 1.19 bits per heavy atom. The summed E-state index contributed by atoms with van der Waals surface area (Å²) in [6, 6.07) is 47.3. The Morgan fingerprint density at radius 2 is 0.769 bits per heavy atom. The molecular formula is C48H38B2N2. The number of anilines is 4. The highest BCUT2D eigenvalue weighted by Crippen LogP contribution is 2.48. The monoisotopic (exact) mass is 664 g/mol. The van der Waals surface area contributed by atoms with Gasteiger partial charge in [0.1, 0.15) is 0 Å². The van der Waals surface area contributed by atoms with Crippen LogP contribution in [0.15, 0.2) is 121 Å². The van der Waals surface area contributed by atoms with Crippen LogP contribution < -0.4 is 42.6 Å². The number of fused-ring (bicyclic) bond motifs is 8. The van der Waals surface area contributed by atoms with Gasteiger partial charge in [-0.15, -0.1) is 0 Å². The molecule has 2 nitrogen and oxygen atoms in total. The fourth-order valence-electron chi connectivity index (χ4n) is 11.1. The molecule has 4 aliphatic rings. The van der Waals surface area contributed by atoms with Crippen LogP contribution in [0.1, 0.15) is 41.5 Å². The maximum Gasteiger partial charge on any atom is 0.248 e. The molecule has 0 atom stereocenters. The van der Waals surface area contributed by atoms with Crippen molar-refractivity contribution in [1.29, 1.82) is 0 Å². The van der Waals surface area contributed by atoms with Crippen LogP contribution in [0.5, 0.6) is 0 Å². The molecule has 246 valence electrons. The quantitative estimate of drug-likeness (QED) is 0.120. The van der Waals surface area contributed by atoms with Crippen LogP contribution >= 0.6 is 0 Å². The first-order valence-electron chi connectivity index (χ1n) is 18.9. The molecular weight excluding hydrogens is 626 g/mol. The van der Waals surface area contributed by atoms with Crippen molar-refractivity contribution in [2.75, 3.05) is 9.80 Å². The van der Waals surface area contributed by atoms with Gasteiger partial charge in [0.05, 0.1) is 0 Å². The molecule has 4 heteroatoms. The summed E-state index contributed by atoms with van der Waals surface area (Å²) in [7, 11) is 0. The number of hydrogen-bond donors (Lipinski definition) is 0. The maximum atomic E-state index is 2.58. The fraction of sp³-hybridized carbons (Fsp3) is 0.167. The van der Waals surface area contributed by atoms with E-state index in [4.69, 9.17) is 0 Å². The minimum atomic E-state index is -0.0715. The van der Waals surface area contributed by atoms with E-state index in [9.17, 15) is 0 Å². The highest BCUT2D eigenvalue weighted by atomic mass is 15.2. The van der Waals surface area contributed by atoms with Crippen LogP contribution in [0, 0.1) is 0 Å². The Balaban J connectivity index is 1.22. The molecule has 0 unspecified atom stereocenters. The molecule has 12 rings (SSSR count). The Bertz CT molecular complexity index is 2710. The van der Waals surface area contributed by atoms with E-state index in [0.29, 0.717) is 0 Å². The van der Waals surface area contributed by atoms with Crippen molar-refractivity contribution >= 4 is 101 Å². The van der Waals surface area contributed by atoms with Crippen LogP contribution in [0.4, 0.5) is 22.7 Å². The molecule has 0 radical (unpaired) electrons. The van der Waals surface area contributed by atoms with Crippen molar-refractivity contribution < 1.29 is 0 Å². The Labute approximate surface area is 306 Å². The van der Waals surface area contributed by atoms with Crippen molar-refractivity contribution in [2.24, 2.45) is 0 Å². The van der Waals surface area contributed by atoms with E-state index in [1.54, 1.807) is 0 Å². The third-order valence-electron chi connectivity index (χ3n) is 12.7. The highest BCUT2D eigenvalue weighted by molar-refractivity contribution is 7.02. The largest absolute Gasteiger partial charge is 0.337 e. The van der Waals surface area contributed by atoms with Crippen LogP contribution in [0.2, 0.25) is 0 Å². The second kappa shape index (κ2) is 9.30. The molecule has 0 bridgehead atoms. The van der Waals surface area contributed by atoms with Gasteiger partial charge < -0.3 is 9.80 Å². The van der Waals surface area contributed by atoms with E-state index in [-0.39, 0.29) is 24.5 Å². The first kappa shape index (κ1) is 29.1. The summed E-state index contributed by atoms with van der Waals surface area (Å²) in [4.78, 5) is 5.16. The molecule has 0 saturated carbocycles. The normalized spacial score (nSPS) is 15.0. The predicted molar refractivity (Wildman–Crippen MR) is 227 cm³/mol. The fourth-order valence-corrected chi connectivity index (χ4v) is 11.1. The second-order valence-corrected chi connectivity index (χ2v) is 17.6. The average Bonchev–Trinajstić information content (AvgIpc) is 3.13. The van der Waals surface area contributed by atoms with E-state index < -0.39 is 0 Å². The maximum absolute atomic E-state index is 2.58. The number of hydrogen-bond acceptors (Lipinski definition) is 2. The minimum absolute atomic E-state index is 0.0715. The topological polar surface area (TPSA) is 6.48 Å². The summed E-state index contributed by atoms with van der Waals surface area (Å²) >= 11 is 0. The highest BCUT2D eigenvalue weighted by Gasteiger charge is 2.45. The molecule has 4 heterocycles. The van der Waals surface area contributed by atoms with Gasteiger partial charge in [-0.1, -0.05) is 95.9 Å². The van der Waals surface area contributed by atoms with Gasteiger partial charge in [-0.25, -0.2) is 0 Å². The molecule has 0 aliphatic carbocycles. The first-order valence-corrected chi connectivity index (χ1v) is 18.9. The standard InChI is InChI=1S/C48H38B2N2/c1-47(2,3)51-37-17-9-7-15-33(37)49-35-23-21-28-26-32-30-14-12-20-40-46(30)50(34-16-8-10-18-38(34)52(40)48(4,5)6)36-24-22-27-25-31(29-13-11-19-39(51)45(29)49)43(35)41(28)42(27)44(32)36/h7-26H,1-6H3. The molecule has 0 saturated heterocycles. The molecule has 0 spiro atoms. The molecule has 0 N–H and O–H groups in total. The van der Waals surface area contributed by atoms with Gasteiger partial charge in [0.2, 0.25) is 13.4 Å². The van der Waals surface area contributed by atoms with Crippen molar-refractivity contribution in [2.45, 2.75) is 52.6 Å². The lowest BCUT2D eigenvalue weighted by molar-refractivity contribution is 0.561. The van der Waals surface area contributed by atoms with Crippen LogP contribution in [-0.2, 0) is 0 Å². The first-order chi connectivity index (χ1) is 25.1. The number of para-hydroxylation sites is 2. The zero-order valence-corrected chi connectivity index (χ0v) is 30.6. The number of benzene rings is 8. The van der Waals surface area contributed by atoms with E-state index in [0.717, 1.165) is 0 Å². The van der Waals surface area contributed by atoms with E-state index >= 15 is 0 Å². The summed E-state index contributed by atoms with van der Waals surface area (Å²) in [5, 5.41) is 8.40. The van der Waals surface area contributed by atoms with Crippen LogP contribution in [0.25, 0.3) is 54.6 Å². The number of rotatable bonds is 0. The van der Waals surface area contributed by atoms with Gasteiger partial charge in [0, 0.05) is 33.8 Å². The summed E-state index contributed by atoms with van der Waals surface area (Å²) in [5.74, 6) is 0. The van der Waals surface area contributed by atoms with Crippen molar-refractivity contribution in [3.63, 3.8) is 0 Å². The van der Waals surface area contributed by atoms with Crippen molar-refractivity contribution in [3.8, 4) is 22.3 Å². The van der Waals surface area contributed by atoms with Gasteiger partial charge in [0.15, 0.2) is 0 Å². The van der Waals surface area contributed by atoms with Gasteiger partial charge in [0.25, 0.3) is 0 Å². The zero-order valence-electron chi connectivity index (χ0n) is 30.6. The van der Waals surface area contributed by atoms with Crippen LogP contribution in [0.3, 0.4) is 0 Å². The second-order valence-electron chi connectivity index (χ2n) is 17.6. The van der Waals surface area contributed by atoms with Gasteiger partial charge in [-0.05, 0) is 154 Å². The zero-order chi connectivity index (χ0) is 35.0. The van der Waals surface area contributed by atoms with E-state index in [2.05, 4.69) is 173 Å². The molecule has 4 aliphatic heterocycles. The lowest BCUT2D eigenvalue weighted by Crippen LogP contribution is -2.62. The van der Waals surface area contributed by atoms with Gasteiger partial charge >= 0.3 is 0 Å². The summed E-state index contributed by atoms with van der Waals surface area (Å²) in [6.45, 7) is 14.4. The Kier molecular flexibility index (Phi) is 5.21. The molecule has 0 fully saturated rings. The van der Waals surface area contributed by atoms with Crippen LogP contribution in [-0.4, -0.2) is 24.5 Å². The molecule has 8 aromatic rings. The lowest BCUT2D eigenvalue weighted by Gasteiger charge is -2.47. The SMILES string of the molecule is CC(C)(C)N1c2ccccc2B2c3c(cccc31)-c1cc3ccc4c5c(cc6ccc2c1c6c35)-c1cccc2c1B4c1ccccc1N2C(C)(C)C. The molecule has 0 aromatic heterocycles. The summed E-state index contributed by atoms with van der Waals surface area (Å²) in [6.07, 6.45) is 0. The van der Waals surface area contributed by atoms with Gasteiger partial charge in [-0.3, -0.25) is 0 Å². The van der Waals surface area contributed by atoms with E-state index in [1.165, 1.54) is 110 Å². The Hall–Kier alpha value is -5.47. The number of nitrogens with zero attached hydrogens (tertiary/aromatic N) is 2. The predicted octanol–water partition coefficient (Wildman–Crippen LogP) is 8.08. The average molecular weight is 664 g/mol. The van der Waals surface area contributed by atoms with Crippen molar-refractivity contribution in [1.82, 2.24) is 0 Å². The third-order valence-corrected chi connectivity index (χ3v) is 12.7. The van der Waals surface area contributed by atoms with Crippen molar-refractivity contribution in [3.05, 3.63) is 121 Å². The van der Waals surface area contributed by atoms with E-state index in [1.807, 2.05) is 0 Å². The minimum Gasteiger partial charge on any atom is -0.337 e. The lowest BCUT2D eigenvalue weighted by atomic mass is 9.31. The molecule has 0 amide bonds. The smallest absolute Gasteiger partial charge is 0.248 e. The summed E-state index contributed by atoms with van der Waals surface area (Å²) in [5.41, 5.74) is 19.3.